The van der Waals surface area contributed by atoms with E-state index < -0.39 is 12.1 Å². The Bertz CT molecular complexity index is 770. The quantitative estimate of drug-likeness (QED) is 0.644. The standard InChI is InChI=1S/C19H17NO4/c1-23-19(22)17-13-20(15-9-5-6-10-16(15)24-17)18(21)12-11-14-7-3-2-4-8-14/h2-12,17H,13H2,1H3. The van der Waals surface area contributed by atoms with Crippen molar-refractivity contribution in [1.82, 2.24) is 0 Å². The molecule has 1 unspecified atom stereocenters. The van der Waals surface area contributed by atoms with Gasteiger partial charge in [0.15, 0.2) is 0 Å². The van der Waals surface area contributed by atoms with Crippen molar-refractivity contribution in [2.24, 2.45) is 0 Å². The lowest BCUT2D eigenvalue weighted by atomic mass is 10.1. The van der Waals surface area contributed by atoms with E-state index in [0.29, 0.717) is 11.4 Å². The number of fused-ring (bicyclic) bond motifs is 1. The van der Waals surface area contributed by atoms with Gasteiger partial charge in [0.05, 0.1) is 19.3 Å². The maximum atomic E-state index is 12.6. The van der Waals surface area contributed by atoms with Crippen LogP contribution in [0.5, 0.6) is 5.75 Å². The van der Waals surface area contributed by atoms with Crippen molar-refractivity contribution < 1.29 is 19.1 Å². The summed E-state index contributed by atoms with van der Waals surface area (Å²) in [5.74, 6) is -0.238. The van der Waals surface area contributed by atoms with Gasteiger partial charge in [0.1, 0.15) is 5.75 Å². The van der Waals surface area contributed by atoms with Crippen LogP contribution in [0, 0.1) is 0 Å². The highest BCUT2D eigenvalue weighted by molar-refractivity contribution is 6.05. The predicted octanol–water partition coefficient (Wildman–Crippen LogP) is 2.67. The molecule has 0 saturated heterocycles. The van der Waals surface area contributed by atoms with E-state index in [-0.39, 0.29) is 12.5 Å². The average molecular weight is 323 g/mol. The second kappa shape index (κ2) is 7.00. The van der Waals surface area contributed by atoms with Gasteiger partial charge in [0, 0.05) is 6.08 Å². The summed E-state index contributed by atoms with van der Waals surface area (Å²) in [7, 11) is 1.30. The summed E-state index contributed by atoms with van der Waals surface area (Å²) in [5.41, 5.74) is 1.57. The first-order valence-electron chi connectivity index (χ1n) is 7.57. The Morgan fingerprint density at radius 2 is 1.83 bits per heavy atom. The van der Waals surface area contributed by atoms with E-state index in [0.717, 1.165) is 5.56 Å². The molecule has 0 saturated carbocycles. The van der Waals surface area contributed by atoms with Gasteiger partial charge in [-0.3, -0.25) is 4.79 Å². The number of carbonyl (C=O) groups excluding carboxylic acids is 2. The van der Waals surface area contributed by atoms with E-state index in [2.05, 4.69) is 0 Å². The molecule has 2 aromatic rings. The van der Waals surface area contributed by atoms with Crippen LogP contribution in [-0.4, -0.2) is 31.6 Å². The molecule has 0 radical (unpaired) electrons. The normalized spacial score (nSPS) is 16.4. The molecule has 2 aromatic carbocycles. The Hall–Kier alpha value is -3.08. The number of ether oxygens (including phenoxy) is 2. The third-order valence-electron chi connectivity index (χ3n) is 3.72. The number of methoxy groups -OCH3 is 1. The number of anilines is 1. The highest BCUT2D eigenvalue weighted by atomic mass is 16.6. The van der Waals surface area contributed by atoms with E-state index in [9.17, 15) is 9.59 Å². The lowest BCUT2D eigenvalue weighted by Crippen LogP contribution is -2.47. The van der Waals surface area contributed by atoms with Gasteiger partial charge in [-0.15, -0.1) is 0 Å². The van der Waals surface area contributed by atoms with Crippen LogP contribution >= 0.6 is 0 Å². The van der Waals surface area contributed by atoms with Gasteiger partial charge >= 0.3 is 5.97 Å². The molecule has 1 aliphatic heterocycles. The molecule has 0 aliphatic carbocycles. The fourth-order valence-corrected chi connectivity index (χ4v) is 2.52. The Kier molecular flexibility index (Phi) is 4.61. The lowest BCUT2D eigenvalue weighted by molar-refractivity contribution is -0.148. The third-order valence-corrected chi connectivity index (χ3v) is 3.72. The predicted molar refractivity (Wildman–Crippen MR) is 90.7 cm³/mol. The summed E-state index contributed by atoms with van der Waals surface area (Å²) in [6.45, 7) is 0.113. The largest absolute Gasteiger partial charge is 0.475 e. The molecule has 1 aliphatic rings. The van der Waals surface area contributed by atoms with Crippen LogP contribution in [-0.2, 0) is 14.3 Å². The van der Waals surface area contributed by atoms with E-state index >= 15 is 0 Å². The topological polar surface area (TPSA) is 55.8 Å². The third kappa shape index (κ3) is 3.30. The molecule has 0 aromatic heterocycles. The smallest absolute Gasteiger partial charge is 0.348 e. The molecule has 0 bridgehead atoms. The molecule has 1 amide bonds. The lowest BCUT2D eigenvalue weighted by Gasteiger charge is -2.32. The first kappa shape index (κ1) is 15.8. The summed E-state index contributed by atoms with van der Waals surface area (Å²) >= 11 is 0. The molecule has 1 atom stereocenters. The summed E-state index contributed by atoms with van der Waals surface area (Å²) < 4.78 is 10.4. The number of esters is 1. The van der Waals surface area contributed by atoms with Gasteiger partial charge < -0.3 is 14.4 Å². The Morgan fingerprint density at radius 3 is 2.58 bits per heavy atom. The second-order valence-corrected chi connectivity index (χ2v) is 5.29. The minimum Gasteiger partial charge on any atom is -0.475 e. The van der Waals surface area contributed by atoms with Crippen LogP contribution in [0.1, 0.15) is 5.56 Å². The zero-order chi connectivity index (χ0) is 16.9. The number of nitrogens with zero attached hydrogens (tertiary/aromatic N) is 1. The van der Waals surface area contributed by atoms with Crippen molar-refractivity contribution in [3.05, 3.63) is 66.2 Å². The average Bonchev–Trinajstić information content (AvgIpc) is 2.65. The van der Waals surface area contributed by atoms with Crippen LogP contribution < -0.4 is 9.64 Å². The van der Waals surface area contributed by atoms with Gasteiger partial charge in [-0.25, -0.2) is 4.79 Å². The Balaban J connectivity index is 1.86. The van der Waals surface area contributed by atoms with Crippen LogP contribution in [0.3, 0.4) is 0 Å². The first-order chi connectivity index (χ1) is 11.7. The van der Waals surface area contributed by atoms with Crippen LogP contribution in [0.15, 0.2) is 60.7 Å². The molecule has 1 heterocycles. The van der Waals surface area contributed by atoms with Crippen molar-refractivity contribution in [3.8, 4) is 5.75 Å². The minimum atomic E-state index is -0.834. The van der Waals surface area contributed by atoms with Crippen LogP contribution in [0.25, 0.3) is 6.08 Å². The van der Waals surface area contributed by atoms with Crippen molar-refractivity contribution >= 4 is 23.6 Å². The van der Waals surface area contributed by atoms with Crippen molar-refractivity contribution in [2.75, 3.05) is 18.6 Å². The monoisotopic (exact) mass is 323 g/mol. The maximum Gasteiger partial charge on any atom is 0.348 e. The van der Waals surface area contributed by atoms with E-state index in [1.165, 1.54) is 18.1 Å². The number of carbonyl (C=O) groups is 2. The summed E-state index contributed by atoms with van der Waals surface area (Å²) in [4.78, 5) is 26.0. The van der Waals surface area contributed by atoms with E-state index in [1.54, 1.807) is 24.3 Å². The molecule has 3 rings (SSSR count). The van der Waals surface area contributed by atoms with Gasteiger partial charge in [-0.1, -0.05) is 42.5 Å². The molecule has 5 heteroatoms. The highest BCUT2D eigenvalue weighted by Crippen LogP contribution is 2.33. The SMILES string of the molecule is COC(=O)C1CN(C(=O)C=Cc2ccccc2)c2ccccc2O1. The molecule has 0 N–H and O–H groups in total. The van der Waals surface area contributed by atoms with Crippen molar-refractivity contribution in [1.29, 1.82) is 0 Å². The summed E-state index contributed by atoms with van der Waals surface area (Å²) in [6, 6.07) is 16.7. The maximum absolute atomic E-state index is 12.6. The highest BCUT2D eigenvalue weighted by Gasteiger charge is 2.33. The van der Waals surface area contributed by atoms with Crippen LogP contribution in [0.2, 0.25) is 0 Å². The molecule has 122 valence electrons. The number of hydrogen-bond acceptors (Lipinski definition) is 4. The number of hydrogen-bond donors (Lipinski definition) is 0. The molecular weight excluding hydrogens is 306 g/mol. The van der Waals surface area contributed by atoms with E-state index in [4.69, 9.17) is 9.47 Å². The van der Waals surface area contributed by atoms with Gasteiger partial charge in [-0.2, -0.15) is 0 Å². The van der Waals surface area contributed by atoms with Gasteiger partial charge in [0.2, 0.25) is 6.10 Å². The second-order valence-electron chi connectivity index (χ2n) is 5.29. The molecule has 0 spiro atoms. The zero-order valence-electron chi connectivity index (χ0n) is 13.2. The fourth-order valence-electron chi connectivity index (χ4n) is 2.52. The molecular formula is C19H17NO4. The zero-order valence-corrected chi connectivity index (χ0v) is 13.2. The number of amides is 1. The molecule has 24 heavy (non-hydrogen) atoms. The fraction of sp³-hybridized carbons (Fsp3) is 0.158. The van der Waals surface area contributed by atoms with Gasteiger partial charge in [0.25, 0.3) is 5.91 Å². The number of para-hydroxylation sites is 2. The van der Waals surface area contributed by atoms with E-state index in [1.807, 2.05) is 36.4 Å². The first-order valence-corrected chi connectivity index (χ1v) is 7.57. The Morgan fingerprint density at radius 1 is 1.12 bits per heavy atom. The van der Waals surface area contributed by atoms with Crippen molar-refractivity contribution in [2.45, 2.75) is 6.10 Å². The van der Waals surface area contributed by atoms with Crippen molar-refractivity contribution in [3.63, 3.8) is 0 Å². The Labute approximate surface area is 140 Å². The number of rotatable bonds is 3. The minimum absolute atomic E-state index is 0.113. The summed E-state index contributed by atoms with van der Waals surface area (Å²) in [6.07, 6.45) is 2.40. The summed E-state index contributed by atoms with van der Waals surface area (Å²) in [5, 5.41) is 0. The number of benzene rings is 2. The molecule has 5 nitrogen and oxygen atoms in total. The molecule has 0 fully saturated rings. The van der Waals surface area contributed by atoms with Crippen LogP contribution in [0.4, 0.5) is 5.69 Å². The van der Waals surface area contributed by atoms with Gasteiger partial charge in [-0.05, 0) is 23.8 Å².